The first-order valence-corrected chi connectivity index (χ1v) is 10.1. The fourth-order valence-electron chi connectivity index (χ4n) is 3.81. The normalized spacial score (nSPS) is 22.8. The van der Waals surface area contributed by atoms with E-state index in [1.807, 2.05) is 16.3 Å². The van der Waals surface area contributed by atoms with E-state index in [1.165, 1.54) is 11.3 Å². The van der Waals surface area contributed by atoms with Crippen LogP contribution in [0.15, 0.2) is 17.5 Å². The molecule has 0 saturated carbocycles. The van der Waals surface area contributed by atoms with Crippen LogP contribution in [0.25, 0.3) is 6.08 Å². The maximum atomic E-state index is 12.4. The summed E-state index contributed by atoms with van der Waals surface area (Å²) in [6, 6.07) is 2.27. The average Bonchev–Trinajstić information content (AvgIpc) is 3.14. The van der Waals surface area contributed by atoms with Crippen LogP contribution in [0.5, 0.6) is 0 Å². The molecule has 0 bridgehead atoms. The fraction of sp³-hybridized carbons (Fsp3) is 0.579. The first kappa shape index (κ1) is 19.1. The second kappa shape index (κ2) is 8.79. The second-order valence-electron chi connectivity index (χ2n) is 7.08. The van der Waals surface area contributed by atoms with Gasteiger partial charge in [0.15, 0.2) is 0 Å². The first-order chi connectivity index (χ1) is 12.6. The molecule has 2 aliphatic rings. The molecule has 7 heteroatoms. The molecule has 1 atom stereocenters. The number of rotatable bonds is 5. The predicted octanol–water partition coefficient (Wildman–Crippen LogP) is 2.04. The van der Waals surface area contributed by atoms with E-state index < -0.39 is 5.97 Å². The van der Waals surface area contributed by atoms with E-state index in [9.17, 15) is 14.7 Å². The van der Waals surface area contributed by atoms with E-state index in [2.05, 4.69) is 4.90 Å². The third-order valence-electron chi connectivity index (χ3n) is 5.34. The summed E-state index contributed by atoms with van der Waals surface area (Å²) in [5.74, 6) is -0.921. The highest BCUT2D eigenvalue weighted by molar-refractivity contribution is 7.11. The number of amides is 1. The molecule has 0 aromatic carbocycles. The molecule has 1 unspecified atom stereocenters. The Kier molecular flexibility index (Phi) is 6.45. The number of carbonyl (C=O) groups excluding carboxylic acids is 1. The highest BCUT2D eigenvalue weighted by Crippen LogP contribution is 2.24. The molecule has 26 heavy (non-hydrogen) atoms. The van der Waals surface area contributed by atoms with Gasteiger partial charge in [-0.05, 0) is 55.3 Å². The summed E-state index contributed by atoms with van der Waals surface area (Å²) in [5, 5.41) is 20.2. The lowest BCUT2D eigenvalue weighted by atomic mass is 9.94. The summed E-state index contributed by atoms with van der Waals surface area (Å²) in [4.78, 5) is 28.7. The van der Waals surface area contributed by atoms with E-state index in [-0.39, 0.29) is 18.4 Å². The molecular weight excluding hydrogens is 352 g/mol. The summed E-state index contributed by atoms with van der Waals surface area (Å²) in [7, 11) is 0. The number of thiophene rings is 1. The Hall–Kier alpha value is -1.70. The van der Waals surface area contributed by atoms with Gasteiger partial charge in [-0.25, -0.2) is 0 Å². The van der Waals surface area contributed by atoms with Gasteiger partial charge >= 0.3 is 5.97 Å². The van der Waals surface area contributed by atoms with Gasteiger partial charge in [0, 0.05) is 36.6 Å². The van der Waals surface area contributed by atoms with Crippen molar-refractivity contribution < 1.29 is 19.8 Å². The van der Waals surface area contributed by atoms with Crippen molar-refractivity contribution in [1.29, 1.82) is 0 Å². The largest absolute Gasteiger partial charge is 0.481 e. The molecule has 2 saturated heterocycles. The third-order valence-corrected chi connectivity index (χ3v) is 6.29. The number of carbonyl (C=O) groups is 2. The molecule has 2 aliphatic heterocycles. The summed E-state index contributed by atoms with van der Waals surface area (Å²) in [6.45, 7) is 3.06. The number of carboxylic acid groups (broad SMARTS) is 1. The van der Waals surface area contributed by atoms with Gasteiger partial charge in [-0.3, -0.25) is 14.5 Å². The molecule has 0 radical (unpaired) electrons. The van der Waals surface area contributed by atoms with E-state index in [0.717, 1.165) is 42.7 Å². The minimum absolute atomic E-state index is 0.0180. The molecule has 3 rings (SSSR count). The van der Waals surface area contributed by atoms with Crippen LogP contribution in [0.1, 0.15) is 36.1 Å². The Morgan fingerprint density at radius 2 is 2.00 bits per heavy atom. The summed E-state index contributed by atoms with van der Waals surface area (Å²) in [6.07, 6.45) is 6.93. The van der Waals surface area contributed by atoms with Gasteiger partial charge in [-0.1, -0.05) is 0 Å². The standard InChI is InChI=1S/C19H26N2O4S/c22-12-14-10-17(26-13-14)3-4-18(23)20-8-5-16(6-9-20)21-7-1-2-15(11-21)19(24)25/h3-4,10,13,15-16,22H,1-2,5-9,11-12H2,(H,24,25). The summed E-state index contributed by atoms with van der Waals surface area (Å²) in [5.41, 5.74) is 0.865. The zero-order valence-electron chi connectivity index (χ0n) is 14.8. The molecule has 0 aliphatic carbocycles. The number of hydrogen-bond acceptors (Lipinski definition) is 5. The van der Waals surface area contributed by atoms with Crippen LogP contribution in [0.2, 0.25) is 0 Å². The Morgan fingerprint density at radius 1 is 1.23 bits per heavy atom. The number of aliphatic carboxylic acids is 1. The van der Waals surface area contributed by atoms with Crippen molar-refractivity contribution in [2.75, 3.05) is 26.2 Å². The predicted molar refractivity (Wildman–Crippen MR) is 101 cm³/mol. The number of nitrogens with zero attached hydrogens (tertiary/aromatic N) is 2. The van der Waals surface area contributed by atoms with Crippen molar-refractivity contribution in [2.45, 2.75) is 38.3 Å². The van der Waals surface area contributed by atoms with Gasteiger partial charge in [0.25, 0.3) is 0 Å². The molecule has 2 fully saturated rings. The van der Waals surface area contributed by atoms with Gasteiger partial charge in [0.2, 0.25) is 5.91 Å². The van der Waals surface area contributed by atoms with Crippen molar-refractivity contribution in [3.8, 4) is 0 Å². The zero-order valence-corrected chi connectivity index (χ0v) is 15.7. The van der Waals surface area contributed by atoms with E-state index in [0.29, 0.717) is 25.7 Å². The first-order valence-electron chi connectivity index (χ1n) is 9.19. The van der Waals surface area contributed by atoms with Crippen LogP contribution < -0.4 is 0 Å². The van der Waals surface area contributed by atoms with Crippen molar-refractivity contribution in [3.05, 3.63) is 28.0 Å². The topological polar surface area (TPSA) is 81.1 Å². The lowest BCUT2D eigenvalue weighted by molar-refractivity contribution is -0.144. The Labute approximate surface area is 157 Å². The zero-order chi connectivity index (χ0) is 18.5. The Bertz CT molecular complexity index is 664. The molecule has 1 aromatic rings. The van der Waals surface area contributed by atoms with Crippen LogP contribution >= 0.6 is 11.3 Å². The number of piperidine rings is 2. The number of aliphatic hydroxyl groups is 1. The van der Waals surface area contributed by atoms with Gasteiger partial charge in [-0.2, -0.15) is 0 Å². The lowest BCUT2D eigenvalue weighted by Gasteiger charge is -2.41. The minimum atomic E-state index is -0.689. The van der Waals surface area contributed by atoms with Gasteiger partial charge in [0.1, 0.15) is 0 Å². The van der Waals surface area contributed by atoms with Crippen molar-refractivity contribution in [1.82, 2.24) is 9.80 Å². The average molecular weight is 378 g/mol. The van der Waals surface area contributed by atoms with Crippen LogP contribution in [0.3, 0.4) is 0 Å². The van der Waals surface area contributed by atoms with Crippen LogP contribution in [-0.2, 0) is 16.2 Å². The molecule has 0 spiro atoms. The molecule has 6 nitrogen and oxygen atoms in total. The van der Waals surface area contributed by atoms with Crippen LogP contribution in [0.4, 0.5) is 0 Å². The molecule has 1 amide bonds. The van der Waals surface area contributed by atoms with Crippen LogP contribution in [0, 0.1) is 5.92 Å². The number of likely N-dealkylation sites (tertiary alicyclic amines) is 2. The Morgan fingerprint density at radius 3 is 2.65 bits per heavy atom. The van der Waals surface area contributed by atoms with Gasteiger partial charge in [0.05, 0.1) is 12.5 Å². The monoisotopic (exact) mass is 378 g/mol. The summed E-state index contributed by atoms with van der Waals surface area (Å²) < 4.78 is 0. The molecule has 142 valence electrons. The summed E-state index contributed by atoms with van der Waals surface area (Å²) >= 11 is 1.51. The maximum absolute atomic E-state index is 12.4. The van der Waals surface area contributed by atoms with E-state index >= 15 is 0 Å². The van der Waals surface area contributed by atoms with Crippen LogP contribution in [-0.4, -0.2) is 64.1 Å². The van der Waals surface area contributed by atoms with Gasteiger partial charge < -0.3 is 15.1 Å². The number of aliphatic hydroxyl groups excluding tert-OH is 1. The molecule has 2 N–H and O–H groups in total. The van der Waals surface area contributed by atoms with E-state index in [1.54, 1.807) is 12.2 Å². The SMILES string of the molecule is O=C(O)C1CCCN(C2CCN(C(=O)C=Cc3cc(CO)cs3)CC2)C1. The van der Waals surface area contributed by atoms with Crippen molar-refractivity contribution >= 4 is 29.3 Å². The van der Waals surface area contributed by atoms with Gasteiger partial charge in [-0.15, -0.1) is 11.3 Å². The quantitative estimate of drug-likeness (QED) is 0.767. The highest BCUT2D eigenvalue weighted by atomic mass is 32.1. The van der Waals surface area contributed by atoms with E-state index in [4.69, 9.17) is 5.11 Å². The second-order valence-corrected chi connectivity index (χ2v) is 8.02. The number of hydrogen-bond donors (Lipinski definition) is 2. The number of carboxylic acids is 1. The maximum Gasteiger partial charge on any atom is 0.307 e. The lowest BCUT2D eigenvalue weighted by Crippen LogP contribution is -2.50. The Balaban J connectivity index is 1.48. The smallest absolute Gasteiger partial charge is 0.307 e. The third kappa shape index (κ3) is 4.72. The van der Waals surface area contributed by atoms with Crippen molar-refractivity contribution in [3.63, 3.8) is 0 Å². The molecule has 3 heterocycles. The highest BCUT2D eigenvalue weighted by Gasteiger charge is 2.32. The minimum Gasteiger partial charge on any atom is -0.481 e. The molecule has 1 aromatic heterocycles. The van der Waals surface area contributed by atoms with Crippen molar-refractivity contribution in [2.24, 2.45) is 5.92 Å². The fourth-order valence-corrected chi connectivity index (χ4v) is 4.61. The molecular formula is C19H26N2O4S.